The van der Waals surface area contributed by atoms with E-state index in [0.717, 1.165) is 12.8 Å². The predicted molar refractivity (Wildman–Crippen MR) is 150 cm³/mol. The maximum atomic E-state index is 3.30. The van der Waals surface area contributed by atoms with Crippen LogP contribution in [0.1, 0.15) is 41.5 Å². The number of hydrogen-bond donors (Lipinski definition) is 0. The van der Waals surface area contributed by atoms with E-state index in [1.54, 1.807) is 27.4 Å². The molecule has 0 bridgehead atoms. The van der Waals surface area contributed by atoms with Gasteiger partial charge in [0.1, 0.15) is 0 Å². The third kappa shape index (κ3) is 10.5. The Kier molecular flexibility index (Phi) is 15.2. The molecule has 6 rings (SSSR count). The van der Waals surface area contributed by atoms with E-state index in [1.807, 2.05) is 18.2 Å². The first kappa shape index (κ1) is 31.9. The van der Waals surface area contributed by atoms with Gasteiger partial charge in [0, 0.05) is 0 Å². The molecule has 4 aromatic rings. The number of fused-ring (bicyclic) bond motifs is 3. The SMILES string of the molecule is [C-]1=CC=CC1.[Cl-].[Cl-].[Zr+2]=[C](CCc1ccccc1)CCc1ccccc1.[c-]1cccc2c1Cc1ccccc1-2. The first-order valence-corrected chi connectivity index (χ1v) is 14.0. The number of halogens is 2. The molecule has 0 unspecified atom stereocenters. The zero-order valence-electron chi connectivity index (χ0n) is 21.5. The number of allylic oxidation sites excluding steroid dienone is 4. The second kappa shape index (κ2) is 18.1. The summed E-state index contributed by atoms with van der Waals surface area (Å²) in [5, 5.41) is 0. The summed E-state index contributed by atoms with van der Waals surface area (Å²) in [6.07, 6.45) is 15.9. The summed E-state index contributed by atoms with van der Waals surface area (Å²) in [6, 6.07) is 39.7. The molecular formula is C35H32Cl2Zr-2. The van der Waals surface area contributed by atoms with Gasteiger partial charge in [-0.3, -0.25) is 6.08 Å². The normalized spacial score (nSPS) is 11.4. The molecule has 0 aliphatic heterocycles. The summed E-state index contributed by atoms with van der Waals surface area (Å²) in [5.41, 5.74) is 8.42. The van der Waals surface area contributed by atoms with Crippen LogP contribution in [0.25, 0.3) is 11.1 Å². The van der Waals surface area contributed by atoms with Crippen molar-refractivity contribution in [3.05, 3.63) is 156 Å². The molecule has 0 N–H and O–H groups in total. The van der Waals surface area contributed by atoms with Crippen molar-refractivity contribution in [3.8, 4) is 11.1 Å². The van der Waals surface area contributed by atoms with E-state index in [-0.39, 0.29) is 24.8 Å². The Balaban J connectivity index is 0.000000221. The first-order valence-electron chi connectivity index (χ1n) is 12.7. The molecule has 0 amide bonds. The van der Waals surface area contributed by atoms with Gasteiger partial charge in [0.25, 0.3) is 0 Å². The second-order valence-electron chi connectivity index (χ2n) is 8.97. The molecular weight excluding hydrogens is 583 g/mol. The van der Waals surface area contributed by atoms with Gasteiger partial charge in [-0.1, -0.05) is 35.4 Å². The Hall–Kier alpha value is -2.31. The maximum Gasteiger partial charge on any atom is -0.0253 e. The fourth-order valence-electron chi connectivity index (χ4n) is 4.34. The molecule has 4 aromatic carbocycles. The van der Waals surface area contributed by atoms with E-state index in [4.69, 9.17) is 0 Å². The Bertz CT molecular complexity index is 1190. The van der Waals surface area contributed by atoms with Crippen LogP contribution in [0.15, 0.2) is 121 Å². The van der Waals surface area contributed by atoms with Gasteiger partial charge in [-0.25, -0.2) is 12.2 Å². The van der Waals surface area contributed by atoms with Crippen LogP contribution >= 0.6 is 0 Å². The summed E-state index contributed by atoms with van der Waals surface area (Å²) in [4.78, 5) is 0. The smallest absolute Gasteiger partial charge is 0.0253 e. The molecule has 0 heterocycles. The number of hydrogen-bond acceptors (Lipinski definition) is 0. The summed E-state index contributed by atoms with van der Waals surface area (Å²) in [6.45, 7) is 0. The Morgan fingerprint density at radius 3 is 1.82 bits per heavy atom. The van der Waals surface area contributed by atoms with E-state index in [0.29, 0.717) is 0 Å². The summed E-state index contributed by atoms with van der Waals surface area (Å²) < 4.78 is 1.69. The monoisotopic (exact) mass is 612 g/mol. The van der Waals surface area contributed by atoms with Crippen molar-refractivity contribution >= 4 is 3.21 Å². The number of aryl methyl sites for hydroxylation is 2. The molecule has 0 aromatic heterocycles. The zero-order chi connectivity index (χ0) is 24.8. The van der Waals surface area contributed by atoms with E-state index in [9.17, 15) is 0 Å². The molecule has 0 atom stereocenters. The van der Waals surface area contributed by atoms with Crippen LogP contribution < -0.4 is 24.8 Å². The minimum atomic E-state index is 0. The van der Waals surface area contributed by atoms with Crippen molar-refractivity contribution in [2.24, 2.45) is 0 Å². The first-order chi connectivity index (χ1) is 17.8. The standard InChI is InChI=1S/C17H18.C13H9.C5H5.2ClH.Zr/c1-4-10-16(11-5-1)14-8-3-9-15-17-12-6-2-7-13-17;1-3-7-12-10(5-1)9-11-6-2-4-8-13(11)12;1-2-4-5-3-1;;;/h1-2,4-7,10-13H,8-9,14-15H2;1-5,7-8H,9H2;1-3H,4H2;2*1H;/q;2*-1;;;+2/p-2. The third-order valence-electron chi connectivity index (χ3n) is 6.32. The summed E-state index contributed by atoms with van der Waals surface area (Å²) in [5.74, 6) is 0. The number of rotatable bonds is 6. The molecule has 0 fully saturated rings. The van der Waals surface area contributed by atoms with Gasteiger partial charge in [-0.05, 0) is 6.42 Å². The molecule has 0 saturated heterocycles. The van der Waals surface area contributed by atoms with Crippen LogP contribution in [0, 0.1) is 12.1 Å². The van der Waals surface area contributed by atoms with Crippen molar-refractivity contribution in [1.82, 2.24) is 0 Å². The molecule has 2 aliphatic carbocycles. The molecule has 3 heteroatoms. The molecule has 0 saturated carbocycles. The van der Waals surface area contributed by atoms with E-state index >= 15 is 0 Å². The van der Waals surface area contributed by atoms with Gasteiger partial charge in [0.2, 0.25) is 0 Å². The second-order valence-corrected chi connectivity index (χ2v) is 10.7. The molecule has 2 aliphatic rings. The fraction of sp³-hybridized carbons (Fsp3) is 0.171. The molecule has 38 heavy (non-hydrogen) atoms. The van der Waals surface area contributed by atoms with E-state index in [2.05, 4.69) is 115 Å². The molecule has 192 valence electrons. The average molecular weight is 615 g/mol. The van der Waals surface area contributed by atoms with Crippen molar-refractivity contribution in [2.45, 2.75) is 38.5 Å². The largest absolute Gasteiger partial charge is 0.179 e. The van der Waals surface area contributed by atoms with Crippen molar-refractivity contribution in [2.75, 3.05) is 0 Å². The Morgan fingerprint density at radius 2 is 1.26 bits per heavy atom. The predicted octanol–water partition coefficient (Wildman–Crippen LogP) is 2.34. The van der Waals surface area contributed by atoms with E-state index in [1.165, 1.54) is 59.1 Å². The Morgan fingerprint density at radius 1 is 0.684 bits per heavy atom. The van der Waals surface area contributed by atoms with Gasteiger partial charge >= 0.3 is 125 Å². The van der Waals surface area contributed by atoms with Gasteiger partial charge in [0.05, 0.1) is 0 Å². The quantitative estimate of drug-likeness (QED) is 0.258. The third-order valence-corrected chi connectivity index (χ3v) is 7.55. The van der Waals surface area contributed by atoms with Crippen LogP contribution in [0.5, 0.6) is 0 Å². The average Bonchev–Trinajstić information content (AvgIpc) is 3.64. The fourth-order valence-corrected chi connectivity index (χ4v) is 4.96. The number of benzene rings is 4. The van der Waals surface area contributed by atoms with Crippen LogP contribution in [0.2, 0.25) is 0 Å². The van der Waals surface area contributed by atoms with Gasteiger partial charge in [-0.2, -0.15) is 35.9 Å². The Labute approximate surface area is 256 Å². The molecule has 0 radical (unpaired) electrons. The van der Waals surface area contributed by atoms with Crippen molar-refractivity contribution in [1.29, 1.82) is 0 Å². The zero-order valence-corrected chi connectivity index (χ0v) is 25.5. The van der Waals surface area contributed by atoms with Crippen molar-refractivity contribution in [3.63, 3.8) is 0 Å². The summed E-state index contributed by atoms with van der Waals surface area (Å²) >= 11 is 1.60. The topological polar surface area (TPSA) is 0 Å². The minimum absolute atomic E-state index is 0. The maximum absolute atomic E-state index is 3.30. The van der Waals surface area contributed by atoms with Gasteiger partial charge < -0.3 is 24.8 Å². The van der Waals surface area contributed by atoms with Crippen LogP contribution in [-0.2, 0) is 43.5 Å². The van der Waals surface area contributed by atoms with Crippen LogP contribution in [0.4, 0.5) is 0 Å². The summed E-state index contributed by atoms with van der Waals surface area (Å²) in [7, 11) is 0. The minimum Gasteiger partial charge on any atom is -0.179 e. The molecule has 0 spiro atoms. The van der Waals surface area contributed by atoms with Crippen LogP contribution in [0.3, 0.4) is 0 Å². The molecule has 0 nitrogen and oxygen atoms in total. The van der Waals surface area contributed by atoms with E-state index < -0.39 is 0 Å². The van der Waals surface area contributed by atoms with Crippen LogP contribution in [-0.4, -0.2) is 3.21 Å². The van der Waals surface area contributed by atoms with Crippen molar-refractivity contribution < 1.29 is 49.0 Å². The van der Waals surface area contributed by atoms with Gasteiger partial charge in [0.15, 0.2) is 0 Å². The van der Waals surface area contributed by atoms with Gasteiger partial charge in [-0.15, -0.1) is 12.0 Å².